The van der Waals surface area contributed by atoms with Crippen LogP contribution in [0.1, 0.15) is 34.1 Å². The zero-order chi connectivity index (χ0) is 8.85. The van der Waals surface area contributed by atoms with Crippen molar-refractivity contribution < 1.29 is 0 Å². The monoisotopic (exact) mass is 218 g/mol. The molecule has 0 rings (SSSR count). The molecule has 0 aliphatic carbocycles. The zero-order valence-corrected chi connectivity index (χ0v) is 9.61. The van der Waals surface area contributed by atoms with E-state index in [2.05, 4.69) is 49.7 Å². The Morgan fingerprint density at radius 2 is 1.91 bits per heavy atom. The largest absolute Gasteiger partial charge is 0.0880 e. The molecule has 0 N–H and O–H groups in total. The van der Waals surface area contributed by atoms with Crippen molar-refractivity contribution in [2.45, 2.75) is 34.1 Å². The molecular weight excluding hydrogens is 200 g/mol. The fraction of sp³-hybridized carbons (Fsp3) is 0.800. The molecule has 0 saturated heterocycles. The third-order valence-electron chi connectivity index (χ3n) is 1.62. The highest BCUT2D eigenvalue weighted by Crippen LogP contribution is 2.14. The normalized spacial score (nSPS) is 15.6. The molecule has 0 aromatic carbocycles. The number of rotatable bonds is 4. The number of halogens is 1. The Morgan fingerprint density at radius 3 is 2.27 bits per heavy atom. The summed E-state index contributed by atoms with van der Waals surface area (Å²) in [6.07, 6.45) is 3.65. The van der Waals surface area contributed by atoms with E-state index in [1.54, 1.807) is 0 Å². The number of hydrogen-bond donors (Lipinski definition) is 0. The predicted molar refractivity (Wildman–Crippen MR) is 56.2 cm³/mol. The summed E-state index contributed by atoms with van der Waals surface area (Å²) in [5, 5.41) is 1.01. The summed E-state index contributed by atoms with van der Waals surface area (Å²) in [6.45, 7) is 9.00. The molecule has 11 heavy (non-hydrogen) atoms. The lowest BCUT2D eigenvalue weighted by Crippen LogP contribution is -1.97. The van der Waals surface area contributed by atoms with Crippen molar-refractivity contribution in [3.63, 3.8) is 0 Å². The minimum atomic E-state index is 0.729. The maximum atomic E-state index is 3.44. The molecule has 0 heterocycles. The van der Waals surface area contributed by atoms with Gasteiger partial charge in [-0.3, -0.25) is 0 Å². The highest BCUT2D eigenvalue weighted by Gasteiger charge is 2.01. The highest BCUT2D eigenvalue weighted by molar-refractivity contribution is 9.09. The van der Waals surface area contributed by atoms with Crippen LogP contribution < -0.4 is 0 Å². The van der Waals surface area contributed by atoms with Crippen molar-refractivity contribution in [2.24, 2.45) is 11.8 Å². The van der Waals surface area contributed by atoms with Crippen LogP contribution in [0.25, 0.3) is 0 Å². The first-order valence-electron chi connectivity index (χ1n) is 4.29. The Labute approximate surface area is 79.2 Å². The van der Waals surface area contributed by atoms with E-state index in [0.29, 0.717) is 0 Å². The fourth-order valence-electron chi connectivity index (χ4n) is 1.34. The van der Waals surface area contributed by atoms with Crippen molar-refractivity contribution in [2.75, 3.05) is 5.33 Å². The van der Waals surface area contributed by atoms with Gasteiger partial charge >= 0.3 is 0 Å². The predicted octanol–water partition coefficient (Wildman–Crippen LogP) is 4.01. The van der Waals surface area contributed by atoms with Gasteiger partial charge < -0.3 is 0 Å². The van der Waals surface area contributed by atoms with E-state index in [4.69, 9.17) is 0 Å². The van der Waals surface area contributed by atoms with Crippen molar-refractivity contribution in [1.82, 2.24) is 0 Å². The van der Waals surface area contributed by atoms with E-state index in [9.17, 15) is 0 Å². The van der Waals surface area contributed by atoms with E-state index in [1.165, 1.54) is 12.0 Å². The van der Waals surface area contributed by atoms with E-state index < -0.39 is 0 Å². The molecule has 1 atom stereocenters. The van der Waals surface area contributed by atoms with Gasteiger partial charge in [-0.1, -0.05) is 48.4 Å². The summed E-state index contributed by atoms with van der Waals surface area (Å²) in [5.41, 5.74) is 1.44. The molecular formula is C10H19Br. The van der Waals surface area contributed by atoms with Crippen LogP contribution in [0.3, 0.4) is 0 Å². The van der Waals surface area contributed by atoms with Crippen molar-refractivity contribution in [3.05, 3.63) is 11.6 Å². The van der Waals surface area contributed by atoms with Gasteiger partial charge in [-0.15, -0.1) is 0 Å². The van der Waals surface area contributed by atoms with Gasteiger partial charge in [-0.25, -0.2) is 0 Å². The summed E-state index contributed by atoms with van der Waals surface area (Å²) in [5.74, 6) is 1.54. The quantitative estimate of drug-likeness (QED) is 0.495. The van der Waals surface area contributed by atoms with Gasteiger partial charge in [0.05, 0.1) is 0 Å². The molecule has 0 aromatic rings. The first-order chi connectivity index (χ1) is 5.06. The molecule has 0 bridgehead atoms. The second-order valence-corrected chi connectivity index (χ2v) is 4.31. The average Bonchev–Trinajstić information content (AvgIpc) is 1.85. The van der Waals surface area contributed by atoms with Gasteiger partial charge in [0.2, 0.25) is 0 Å². The number of alkyl halides is 1. The van der Waals surface area contributed by atoms with Crippen LogP contribution in [0.2, 0.25) is 0 Å². The molecule has 1 unspecified atom stereocenters. The van der Waals surface area contributed by atoms with Gasteiger partial charge in [0.25, 0.3) is 0 Å². The summed E-state index contributed by atoms with van der Waals surface area (Å²) in [4.78, 5) is 0. The van der Waals surface area contributed by atoms with E-state index in [-0.39, 0.29) is 0 Å². The van der Waals surface area contributed by atoms with Crippen molar-refractivity contribution >= 4 is 15.9 Å². The molecule has 0 spiro atoms. The molecule has 1 heteroatoms. The van der Waals surface area contributed by atoms with Crippen LogP contribution in [-0.4, -0.2) is 5.33 Å². The second-order valence-electron chi connectivity index (χ2n) is 3.75. The standard InChI is InChI=1S/C10H19Br/c1-8(2)5-9(3)6-10(4)7-11/h6,8-9H,5,7H2,1-4H3/b10-6-. The molecule has 0 saturated carbocycles. The van der Waals surface area contributed by atoms with Crippen LogP contribution in [0.15, 0.2) is 11.6 Å². The molecule has 0 radical (unpaired) electrons. The lowest BCUT2D eigenvalue weighted by atomic mass is 9.97. The van der Waals surface area contributed by atoms with Crippen LogP contribution in [-0.2, 0) is 0 Å². The molecule has 0 amide bonds. The van der Waals surface area contributed by atoms with Gasteiger partial charge in [0.15, 0.2) is 0 Å². The van der Waals surface area contributed by atoms with Crippen molar-refractivity contribution in [3.8, 4) is 0 Å². The first kappa shape index (κ1) is 11.2. The Bertz CT molecular complexity index is 125. The minimum Gasteiger partial charge on any atom is -0.0880 e. The third kappa shape index (κ3) is 6.61. The van der Waals surface area contributed by atoms with Crippen LogP contribution >= 0.6 is 15.9 Å². The SMILES string of the molecule is C/C(=C/C(C)CC(C)C)CBr. The summed E-state index contributed by atoms with van der Waals surface area (Å²) >= 11 is 3.44. The Hall–Kier alpha value is 0.220. The van der Waals surface area contributed by atoms with E-state index in [0.717, 1.165) is 17.2 Å². The topological polar surface area (TPSA) is 0 Å². The smallest absolute Gasteiger partial charge is 0.0239 e. The molecule has 0 fully saturated rings. The van der Waals surface area contributed by atoms with Crippen LogP contribution in [0, 0.1) is 11.8 Å². The maximum Gasteiger partial charge on any atom is 0.0239 e. The van der Waals surface area contributed by atoms with Crippen LogP contribution in [0.4, 0.5) is 0 Å². The van der Waals surface area contributed by atoms with E-state index >= 15 is 0 Å². The van der Waals surface area contributed by atoms with Crippen molar-refractivity contribution in [1.29, 1.82) is 0 Å². The zero-order valence-electron chi connectivity index (χ0n) is 8.02. The Balaban J connectivity index is 3.75. The third-order valence-corrected chi connectivity index (χ3v) is 2.51. The highest BCUT2D eigenvalue weighted by atomic mass is 79.9. The molecule has 0 nitrogen and oxygen atoms in total. The first-order valence-corrected chi connectivity index (χ1v) is 5.41. The minimum absolute atomic E-state index is 0.729. The second kappa shape index (κ2) is 5.82. The fourth-order valence-corrected chi connectivity index (χ4v) is 1.53. The summed E-state index contributed by atoms with van der Waals surface area (Å²) in [6, 6.07) is 0. The maximum absolute atomic E-state index is 3.44. The Morgan fingerprint density at radius 1 is 1.36 bits per heavy atom. The molecule has 66 valence electrons. The van der Waals surface area contributed by atoms with Gasteiger partial charge in [0.1, 0.15) is 0 Å². The van der Waals surface area contributed by atoms with Gasteiger partial charge in [-0.05, 0) is 25.2 Å². The van der Waals surface area contributed by atoms with E-state index in [1.807, 2.05) is 0 Å². The summed E-state index contributed by atoms with van der Waals surface area (Å²) < 4.78 is 0. The van der Waals surface area contributed by atoms with Gasteiger partial charge in [-0.2, -0.15) is 0 Å². The molecule has 0 aliphatic heterocycles. The number of hydrogen-bond acceptors (Lipinski definition) is 0. The van der Waals surface area contributed by atoms with Gasteiger partial charge in [0, 0.05) is 5.33 Å². The van der Waals surface area contributed by atoms with Crippen LogP contribution in [0.5, 0.6) is 0 Å². The lowest BCUT2D eigenvalue weighted by Gasteiger charge is -2.09. The average molecular weight is 219 g/mol. The Kier molecular flexibility index (Phi) is 5.93. The molecule has 0 aliphatic rings. The lowest BCUT2D eigenvalue weighted by molar-refractivity contribution is 0.501. The number of allylic oxidation sites excluding steroid dienone is 2. The molecule has 0 aromatic heterocycles. The summed E-state index contributed by atoms with van der Waals surface area (Å²) in [7, 11) is 0.